The Bertz CT molecular complexity index is 859. The first-order chi connectivity index (χ1) is 15.3. The highest BCUT2D eigenvalue weighted by Gasteiger charge is 2.44. The first-order valence-corrected chi connectivity index (χ1v) is 12.8. The number of ether oxygens (including phenoxy) is 1. The number of nitrogens with zero attached hydrogens (tertiary/aromatic N) is 2. The largest absolute Gasteiger partial charge is 0.480 e. The molecule has 0 bridgehead atoms. The molecule has 174 valence electrons. The maximum atomic E-state index is 13.0. The summed E-state index contributed by atoms with van der Waals surface area (Å²) in [5.74, 6) is -0.976. The van der Waals surface area contributed by atoms with Crippen molar-refractivity contribution in [1.29, 1.82) is 0 Å². The van der Waals surface area contributed by atoms with E-state index >= 15 is 0 Å². The quantitative estimate of drug-likeness (QED) is 0.290. The molecule has 10 heteroatoms. The van der Waals surface area contributed by atoms with Gasteiger partial charge in [0.25, 0.3) is 13.6 Å². The van der Waals surface area contributed by atoms with Crippen molar-refractivity contribution in [3.05, 3.63) is 47.3 Å². The lowest BCUT2D eigenvalue weighted by atomic mass is 10.1. The molecule has 0 aromatic heterocycles. The van der Waals surface area contributed by atoms with E-state index in [1.807, 2.05) is 30.3 Å². The van der Waals surface area contributed by atoms with Gasteiger partial charge in [-0.15, -0.1) is 0 Å². The van der Waals surface area contributed by atoms with Gasteiger partial charge in [0.05, 0.1) is 12.2 Å². The summed E-state index contributed by atoms with van der Waals surface area (Å²) >= 11 is 0. The smallest absolute Gasteiger partial charge is 0.328 e. The maximum absolute atomic E-state index is 13.0. The first kappa shape index (κ1) is 24.3. The molecule has 2 amide bonds. The van der Waals surface area contributed by atoms with Crippen LogP contribution in [0, 0.1) is 0 Å². The molecule has 2 aliphatic rings. The topological polar surface area (TPSA) is 128 Å². The van der Waals surface area contributed by atoms with E-state index in [-0.39, 0.29) is 43.4 Å². The summed E-state index contributed by atoms with van der Waals surface area (Å²) < 4.78 is 5.60. The van der Waals surface area contributed by atoms with Crippen molar-refractivity contribution in [1.82, 2.24) is 10.0 Å². The molecule has 2 fully saturated rings. The van der Waals surface area contributed by atoms with Crippen molar-refractivity contribution in [2.24, 2.45) is 0 Å². The minimum Gasteiger partial charge on any atom is -0.480 e. The van der Waals surface area contributed by atoms with Gasteiger partial charge in [0.1, 0.15) is 12.0 Å². The predicted molar refractivity (Wildman–Crippen MR) is 118 cm³/mol. The van der Waals surface area contributed by atoms with Crippen LogP contribution in [0.5, 0.6) is 0 Å². The summed E-state index contributed by atoms with van der Waals surface area (Å²) in [6, 6.07) is 8.62. The van der Waals surface area contributed by atoms with E-state index in [1.54, 1.807) is 0 Å². The standard InChI is InChI=1S/C22H29N2O7P/c25-20-11-10-18(21(26)24-19(22(27)28)9-6-12-23(20)24)16-32(29,30)14-5-4-13-31-15-17-7-2-1-3-8-17/h1-3,7-8,16,19,29-30H,4-6,9-15H2/p+1/t19-/m0/s1. The van der Waals surface area contributed by atoms with Gasteiger partial charge in [0.2, 0.25) is 5.91 Å². The van der Waals surface area contributed by atoms with Crippen LogP contribution in [0.25, 0.3) is 0 Å². The van der Waals surface area contributed by atoms with Gasteiger partial charge >= 0.3 is 5.97 Å². The maximum Gasteiger partial charge on any atom is 0.328 e. The third kappa shape index (κ3) is 6.36. The Labute approximate surface area is 187 Å². The number of hydrogen-bond donors (Lipinski definition) is 3. The summed E-state index contributed by atoms with van der Waals surface area (Å²) in [7, 11) is -3.53. The van der Waals surface area contributed by atoms with Gasteiger partial charge in [-0.2, -0.15) is 0 Å². The van der Waals surface area contributed by atoms with Gasteiger partial charge < -0.3 is 9.84 Å². The predicted octanol–water partition coefficient (Wildman–Crippen LogP) is 2.31. The van der Waals surface area contributed by atoms with E-state index < -0.39 is 25.6 Å². The number of aliphatic carboxylic acids is 1. The van der Waals surface area contributed by atoms with Gasteiger partial charge in [-0.05, 0) is 37.7 Å². The molecule has 1 atom stereocenters. The third-order valence-electron chi connectivity index (χ3n) is 5.57. The molecule has 3 N–H and O–H groups in total. The van der Waals surface area contributed by atoms with Gasteiger partial charge in [0.15, 0.2) is 6.04 Å². The number of amides is 2. The monoisotopic (exact) mass is 465 g/mol. The summed E-state index contributed by atoms with van der Waals surface area (Å²) in [5.41, 5.74) is 1.16. The number of carboxylic acid groups (broad SMARTS) is 1. The summed E-state index contributed by atoms with van der Waals surface area (Å²) in [6.07, 6.45) is 2.05. The molecule has 1 aromatic carbocycles. The van der Waals surface area contributed by atoms with E-state index in [0.29, 0.717) is 32.5 Å². The van der Waals surface area contributed by atoms with Crippen LogP contribution in [0.3, 0.4) is 0 Å². The molecular formula is C22H30N2O7P+. The molecule has 0 spiro atoms. The van der Waals surface area contributed by atoms with E-state index in [2.05, 4.69) is 0 Å². The molecule has 3 rings (SSSR count). The number of fused-ring (bicyclic) bond motifs is 1. The number of unbranched alkanes of at least 4 members (excludes halogenated alkanes) is 1. The Morgan fingerprint density at radius 1 is 1.16 bits per heavy atom. The van der Waals surface area contributed by atoms with Gasteiger partial charge in [-0.25, -0.2) is 19.6 Å². The molecule has 0 unspecified atom stereocenters. The fourth-order valence-corrected chi connectivity index (χ4v) is 5.49. The zero-order valence-corrected chi connectivity index (χ0v) is 18.8. The van der Waals surface area contributed by atoms with E-state index in [1.165, 1.54) is 10.8 Å². The Morgan fingerprint density at radius 2 is 1.91 bits per heavy atom. The zero-order chi connectivity index (χ0) is 23.1. The van der Waals surface area contributed by atoms with Crippen molar-refractivity contribution < 1.29 is 34.0 Å². The van der Waals surface area contributed by atoms with Crippen LogP contribution in [-0.4, -0.2) is 68.1 Å². The minimum atomic E-state index is -3.53. The molecule has 2 saturated heterocycles. The number of carboxylic acids is 1. The second-order valence-corrected chi connectivity index (χ2v) is 10.3. The van der Waals surface area contributed by atoms with Crippen LogP contribution in [0.2, 0.25) is 0 Å². The van der Waals surface area contributed by atoms with Crippen LogP contribution < -0.4 is 0 Å². The highest BCUT2D eigenvalue weighted by molar-refractivity contribution is 7.67. The average Bonchev–Trinajstić information content (AvgIpc) is 2.88. The van der Waals surface area contributed by atoms with Crippen molar-refractivity contribution in [3.8, 4) is 0 Å². The third-order valence-corrected chi connectivity index (χ3v) is 7.27. The van der Waals surface area contributed by atoms with Gasteiger partial charge in [0, 0.05) is 19.6 Å². The highest BCUT2D eigenvalue weighted by atomic mass is 31.2. The van der Waals surface area contributed by atoms with Crippen LogP contribution in [0.4, 0.5) is 0 Å². The summed E-state index contributed by atoms with van der Waals surface area (Å²) in [6.45, 7) is 1.24. The van der Waals surface area contributed by atoms with E-state index in [0.717, 1.165) is 10.6 Å². The Morgan fingerprint density at radius 3 is 2.62 bits per heavy atom. The lowest BCUT2D eigenvalue weighted by Crippen LogP contribution is -2.59. The molecule has 2 aliphatic heterocycles. The van der Waals surface area contributed by atoms with Crippen LogP contribution >= 0.6 is 7.72 Å². The second kappa shape index (κ2) is 11.0. The molecule has 2 heterocycles. The van der Waals surface area contributed by atoms with Crippen molar-refractivity contribution in [3.63, 3.8) is 0 Å². The second-order valence-electron chi connectivity index (χ2n) is 8.07. The number of hydrogen-bond acceptors (Lipinski definition) is 6. The normalized spacial score (nSPS) is 20.9. The van der Waals surface area contributed by atoms with Crippen molar-refractivity contribution >= 4 is 25.5 Å². The minimum absolute atomic E-state index is 0.0216. The van der Waals surface area contributed by atoms with Crippen molar-refractivity contribution in [2.45, 2.75) is 51.2 Å². The molecule has 9 nitrogen and oxygen atoms in total. The fourth-order valence-electron chi connectivity index (χ4n) is 3.93. The lowest BCUT2D eigenvalue weighted by molar-refractivity contribution is -0.178. The SMILES string of the molecule is O=C(O)[C@@H]1CCCN2C(=O)CCC(=C[P+](O)(O)CCCCOCc3ccccc3)C(=O)N12. The van der Waals surface area contributed by atoms with Crippen molar-refractivity contribution in [2.75, 3.05) is 19.3 Å². The van der Waals surface area contributed by atoms with Gasteiger partial charge in [-0.1, -0.05) is 30.3 Å². The Balaban J connectivity index is 1.56. The molecular weight excluding hydrogens is 435 g/mol. The number of rotatable bonds is 9. The lowest BCUT2D eigenvalue weighted by Gasteiger charge is -2.41. The van der Waals surface area contributed by atoms with Gasteiger partial charge in [-0.3, -0.25) is 14.6 Å². The Hall–Kier alpha value is -2.32. The number of benzene rings is 1. The molecule has 0 radical (unpaired) electrons. The van der Waals surface area contributed by atoms with E-state index in [4.69, 9.17) is 4.74 Å². The van der Waals surface area contributed by atoms with Crippen LogP contribution in [0.15, 0.2) is 41.7 Å². The molecule has 1 aromatic rings. The van der Waals surface area contributed by atoms with E-state index in [9.17, 15) is 29.3 Å². The zero-order valence-electron chi connectivity index (χ0n) is 17.9. The molecule has 0 aliphatic carbocycles. The van der Waals surface area contributed by atoms with Crippen LogP contribution in [-0.2, 0) is 25.7 Å². The number of hydrazine groups is 1. The fraction of sp³-hybridized carbons (Fsp3) is 0.500. The number of carbonyl (C=O) groups is 3. The number of carbonyl (C=O) groups excluding carboxylic acids is 2. The highest BCUT2D eigenvalue weighted by Crippen LogP contribution is 2.53. The Kier molecular flexibility index (Phi) is 8.37. The molecule has 0 saturated carbocycles. The summed E-state index contributed by atoms with van der Waals surface area (Å²) in [4.78, 5) is 58.1. The first-order valence-electron chi connectivity index (χ1n) is 10.8. The molecule has 32 heavy (non-hydrogen) atoms. The summed E-state index contributed by atoms with van der Waals surface area (Å²) in [5, 5.41) is 11.7. The van der Waals surface area contributed by atoms with Crippen LogP contribution in [0.1, 0.15) is 44.1 Å². The average molecular weight is 465 g/mol.